The lowest BCUT2D eigenvalue weighted by molar-refractivity contribution is 0.383. The number of alkyl halides is 1. The van der Waals surface area contributed by atoms with Crippen molar-refractivity contribution in [3.05, 3.63) is 35.4 Å². The van der Waals surface area contributed by atoms with Crippen molar-refractivity contribution in [2.45, 2.75) is 33.6 Å². The number of rotatable bonds is 5. The SMILES string of the molecule is CCC(C)C(CBr)Cc1ccccc1C. The van der Waals surface area contributed by atoms with Crippen LogP contribution in [0.3, 0.4) is 0 Å². The van der Waals surface area contributed by atoms with Gasteiger partial charge in [-0.05, 0) is 36.3 Å². The molecule has 1 aromatic rings. The molecule has 0 bridgehead atoms. The van der Waals surface area contributed by atoms with E-state index in [1.807, 2.05) is 0 Å². The van der Waals surface area contributed by atoms with Gasteiger partial charge in [0.05, 0.1) is 0 Å². The molecule has 0 aliphatic rings. The summed E-state index contributed by atoms with van der Waals surface area (Å²) in [6, 6.07) is 8.72. The van der Waals surface area contributed by atoms with E-state index in [-0.39, 0.29) is 0 Å². The Hall–Kier alpha value is -0.300. The normalized spacial score (nSPS) is 14.9. The summed E-state index contributed by atoms with van der Waals surface area (Å²) >= 11 is 3.64. The van der Waals surface area contributed by atoms with Crippen LogP contribution in [0.15, 0.2) is 24.3 Å². The van der Waals surface area contributed by atoms with Crippen molar-refractivity contribution in [1.82, 2.24) is 0 Å². The molecule has 0 aliphatic heterocycles. The molecule has 0 heterocycles. The Bertz CT molecular complexity index is 293. The largest absolute Gasteiger partial charge is 0.0925 e. The first-order chi connectivity index (χ1) is 7.19. The van der Waals surface area contributed by atoms with Crippen LogP contribution in [0, 0.1) is 18.8 Å². The summed E-state index contributed by atoms with van der Waals surface area (Å²) in [4.78, 5) is 0. The first kappa shape index (κ1) is 12.8. The van der Waals surface area contributed by atoms with E-state index in [2.05, 4.69) is 61.0 Å². The smallest absolute Gasteiger partial charge is 0.00653 e. The highest BCUT2D eigenvalue weighted by molar-refractivity contribution is 9.09. The molecule has 0 N–H and O–H groups in total. The zero-order valence-corrected chi connectivity index (χ0v) is 11.5. The van der Waals surface area contributed by atoms with Gasteiger partial charge in [-0.15, -0.1) is 0 Å². The zero-order chi connectivity index (χ0) is 11.3. The third kappa shape index (κ3) is 3.64. The Morgan fingerprint density at radius 1 is 1.27 bits per heavy atom. The molecule has 2 atom stereocenters. The van der Waals surface area contributed by atoms with E-state index >= 15 is 0 Å². The first-order valence-electron chi connectivity index (χ1n) is 5.79. The second-order valence-electron chi connectivity index (χ2n) is 4.43. The van der Waals surface area contributed by atoms with Crippen LogP contribution in [0.4, 0.5) is 0 Å². The van der Waals surface area contributed by atoms with Crippen LogP contribution in [-0.4, -0.2) is 5.33 Å². The predicted octanol–water partition coefficient (Wildman–Crippen LogP) is 4.59. The van der Waals surface area contributed by atoms with Gasteiger partial charge in [0.2, 0.25) is 0 Å². The highest BCUT2D eigenvalue weighted by Crippen LogP contribution is 2.23. The van der Waals surface area contributed by atoms with E-state index in [1.54, 1.807) is 0 Å². The highest BCUT2D eigenvalue weighted by atomic mass is 79.9. The second kappa shape index (κ2) is 6.32. The van der Waals surface area contributed by atoms with Crippen molar-refractivity contribution < 1.29 is 0 Å². The van der Waals surface area contributed by atoms with Gasteiger partial charge in [-0.1, -0.05) is 60.5 Å². The molecule has 1 aromatic carbocycles. The van der Waals surface area contributed by atoms with E-state index in [1.165, 1.54) is 24.0 Å². The lowest BCUT2D eigenvalue weighted by Crippen LogP contribution is -2.16. The third-order valence-corrected chi connectivity index (χ3v) is 4.22. The lowest BCUT2D eigenvalue weighted by Gasteiger charge is -2.21. The number of aryl methyl sites for hydroxylation is 1. The molecule has 0 amide bonds. The van der Waals surface area contributed by atoms with Gasteiger partial charge >= 0.3 is 0 Å². The Labute approximate surface area is 102 Å². The van der Waals surface area contributed by atoms with E-state index in [0.717, 1.165) is 17.2 Å². The van der Waals surface area contributed by atoms with Crippen molar-refractivity contribution in [3.8, 4) is 0 Å². The van der Waals surface area contributed by atoms with Crippen LogP contribution in [-0.2, 0) is 6.42 Å². The molecule has 0 saturated heterocycles. The highest BCUT2D eigenvalue weighted by Gasteiger charge is 2.15. The topological polar surface area (TPSA) is 0 Å². The number of hydrogen-bond donors (Lipinski definition) is 0. The van der Waals surface area contributed by atoms with Gasteiger partial charge in [-0.3, -0.25) is 0 Å². The van der Waals surface area contributed by atoms with Crippen LogP contribution in [0.2, 0.25) is 0 Å². The monoisotopic (exact) mass is 268 g/mol. The predicted molar refractivity (Wildman–Crippen MR) is 71.6 cm³/mol. The van der Waals surface area contributed by atoms with Gasteiger partial charge in [0.25, 0.3) is 0 Å². The zero-order valence-electron chi connectivity index (χ0n) is 9.96. The quantitative estimate of drug-likeness (QED) is 0.685. The van der Waals surface area contributed by atoms with Crippen LogP contribution in [0.1, 0.15) is 31.4 Å². The molecule has 15 heavy (non-hydrogen) atoms. The van der Waals surface area contributed by atoms with Crippen LogP contribution in [0.5, 0.6) is 0 Å². The molecule has 0 aliphatic carbocycles. The first-order valence-corrected chi connectivity index (χ1v) is 6.91. The minimum atomic E-state index is 0.760. The summed E-state index contributed by atoms with van der Waals surface area (Å²) < 4.78 is 0. The van der Waals surface area contributed by atoms with E-state index in [0.29, 0.717) is 0 Å². The summed E-state index contributed by atoms with van der Waals surface area (Å²) in [5.74, 6) is 1.56. The van der Waals surface area contributed by atoms with Crippen LogP contribution < -0.4 is 0 Å². The van der Waals surface area contributed by atoms with Gasteiger partial charge < -0.3 is 0 Å². The summed E-state index contributed by atoms with van der Waals surface area (Å²) in [7, 11) is 0. The van der Waals surface area contributed by atoms with Gasteiger partial charge in [-0.25, -0.2) is 0 Å². The van der Waals surface area contributed by atoms with Gasteiger partial charge in [0.15, 0.2) is 0 Å². The van der Waals surface area contributed by atoms with Gasteiger partial charge in [0.1, 0.15) is 0 Å². The standard InChI is InChI=1S/C14H21Br/c1-4-11(2)14(10-15)9-13-8-6-5-7-12(13)3/h5-8,11,14H,4,9-10H2,1-3H3. The van der Waals surface area contributed by atoms with Gasteiger partial charge in [0, 0.05) is 5.33 Å². The van der Waals surface area contributed by atoms with Crippen molar-refractivity contribution in [3.63, 3.8) is 0 Å². The fourth-order valence-corrected chi connectivity index (χ4v) is 2.73. The molecular weight excluding hydrogens is 248 g/mol. The van der Waals surface area contributed by atoms with Crippen molar-refractivity contribution in [1.29, 1.82) is 0 Å². The molecule has 0 nitrogen and oxygen atoms in total. The fraction of sp³-hybridized carbons (Fsp3) is 0.571. The average molecular weight is 269 g/mol. The van der Waals surface area contributed by atoms with E-state index in [9.17, 15) is 0 Å². The maximum absolute atomic E-state index is 3.64. The summed E-state index contributed by atoms with van der Waals surface area (Å²) in [5.41, 5.74) is 2.93. The van der Waals surface area contributed by atoms with E-state index < -0.39 is 0 Å². The third-order valence-electron chi connectivity index (χ3n) is 3.39. The Morgan fingerprint density at radius 3 is 2.47 bits per heavy atom. The Kier molecular flexibility index (Phi) is 5.38. The van der Waals surface area contributed by atoms with Crippen LogP contribution >= 0.6 is 15.9 Å². The molecule has 0 saturated carbocycles. The van der Waals surface area contributed by atoms with Crippen molar-refractivity contribution >= 4 is 15.9 Å². The number of hydrogen-bond acceptors (Lipinski definition) is 0. The van der Waals surface area contributed by atoms with Gasteiger partial charge in [-0.2, -0.15) is 0 Å². The fourth-order valence-electron chi connectivity index (χ4n) is 1.86. The molecule has 2 unspecified atom stereocenters. The average Bonchev–Trinajstić information content (AvgIpc) is 2.27. The Balaban J connectivity index is 2.71. The summed E-state index contributed by atoms with van der Waals surface area (Å²) in [6.07, 6.45) is 2.47. The van der Waals surface area contributed by atoms with Crippen molar-refractivity contribution in [2.75, 3.05) is 5.33 Å². The van der Waals surface area contributed by atoms with Crippen molar-refractivity contribution in [2.24, 2.45) is 11.8 Å². The maximum Gasteiger partial charge on any atom is 0.00653 e. The lowest BCUT2D eigenvalue weighted by atomic mass is 9.87. The number of benzene rings is 1. The molecular formula is C14H21Br. The summed E-state index contributed by atoms with van der Waals surface area (Å²) in [5, 5.41) is 1.11. The number of halogens is 1. The minimum Gasteiger partial charge on any atom is -0.0925 e. The van der Waals surface area contributed by atoms with Crippen LogP contribution in [0.25, 0.3) is 0 Å². The molecule has 0 radical (unpaired) electrons. The summed E-state index contributed by atoms with van der Waals surface area (Å²) in [6.45, 7) is 6.83. The molecule has 1 rings (SSSR count). The Morgan fingerprint density at radius 2 is 1.93 bits per heavy atom. The maximum atomic E-state index is 3.64. The molecule has 0 spiro atoms. The van der Waals surface area contributed by atoms with E-state index in [4.69, 9.17) is 0 Å². The molecule has 1 heteroatoms. The molecule has 0 aromatic heterocycles. The molecule has 84 valence electrons. The molecule has 0 fully saturated rings. The minimum absolute atomic E-state index is 0.760. The second-order valence-corrected chi connectivity index (χ2v) is 5.08.